The molecule has 0 aliphatic carbocycles. The Labute approximate surface area is 174 Å². The summed E-state index contributed by atoms with van der Waals surface area (Å²) < 4.78 is 51.2. The Morgan fingerprint density at radius 3 is 2.00 bits per heavy atom. The van der Waals surface area contributed by atoms with Gasteiger partial charge < -0.3 is 23.1 Å². The minimum Gasteiger partial charge on any atom is -0.493 e. The molecule has 0 amide bonds. The van der Waals surface area contributed by atoms with E-state index in [1.54, 1.807) is 28.9 Å². The van der Waals surface area contributed by atoms with Gasteiger partial charge in [-0.3, -0.25) is 0 Å². The number of hydrogen-bond donors (Lipinski definition) is 0. The Morgan fingerprint density at radius 1 is 0.833 bits per heavy atom. The number of ether oxygens (including phenoxy) is 4. The van der Waals surface area contributed by atoms with E-state index in [0.717, 1.165) is 6.26 Å². The van der Waals surface area contributed by atoms with Crippen molar-refractivity contribution in [2.75, 3.05) is 34.7 Å². The summed E-state index contributed by atoms with van der Waals surface area (Å²) in [5.74, 6) is 1.66. The number of aromatic nitrogens is 3. The Hall–Kier alpha value is -3.47. The Bertz CT molecular complexity index is 1130. The maximum absolute atomic E-state index is 11.6. The van der Waals surface area contributed by atoms with E-state index in [1.165, 1.54) is 40.7 Å². The maximum atomic E-state index is 11.6. The average molecular weight is 435 g/mol. The SMILES string of the molecule is COc1ccc(-c2cnnn2-c2cc(OC)c(OC)c(OC)c2)cc1OS(C)(=O)=O. The number of benzene rings is 2. The minimum absolute atomic E-state index is 0.0511. The van der Waals surface area contributed by atoms with Crippen LogP contribution in [-0.2, 0) is 10.1 Å². The molecular weight excluding hydrogens is 414 g/mol. The summed E-state index contributed by atoms with van der Waals surface area (Å²) in [4.78, 5) is 0. The fourth-order valence-electron chi connectivity index (χ4n) is 2.88. The predicted molar refractivity (Wildman–Crippen MR) is 108 cm³/mol. The Balaban J connectivity index is 2.14. The lowest BCUT2D eigenvalue weighted by Gasteiger charge is -2.15. The summed E-state index contributed by atoms with van der Waals surface area (Å²) in [5.41, 5.74) is 1.77. The molecule has 0 N–H and O–H groups in total. The molecule has 0 saturated carbocycles. The van der Waals surface area contributed by atoms with Crippen LogP contribution in [0.5, 0.6) is 28.7 Å². The van der Waals surface area contributed by atoms with Gasteiger partial charge in [-0.05, 0) is 18.2 Å². The summed E-state index contributed by atoms with van der Waals surface area (Å²) in [6.45, 7) is 0. The molecule has 0 saturated heterocycles. The lowest BCUT2D eigenvalue weighted by molar-refractivity contribution is 0.324. The molecule has 3 aromatic rings. The summed E-state index contributed by atoms with van der Waals surface area (Å²) in [6, 6.07) is 8.31. The normalized spacial score (nSPS) is 11.1. The fourth-order valence-corrected chi connectivity index (χ4v) is 3.33. The molecule has 0 spiro atoms. The van der Waals surface area contributed by atoms with Crippen LogP contribution in [-0.4, -0.2) is 58.1 Å². The molecule has 0 aliphatic heterocycles. The highest BCUT2D eigenvalue weighted by Crippen LogP contribution is 2.40. The van der Waals surface area contributed by atoms with Crippen LogP contribution in [0.1, 0.15) is 0 Å². The number of nitrogens with zero attached hydrogens (tertiary/aromatic N) is 3. The van der Waals surface area contributed by atoms with Crippen molar-refractivity contribution >= 4 is 10.1 Å². The largest absolute Gasteiger partial charge is 0.493 e. The van der Waals surface area contributed by atoms with Crippen LogP contribution in [0.3, 0.4) is 0 Å². The first-order chi connectivity index (χ1) is 14.3. The van der Waals surface area contributed by atoms with E-state index in [2.05, 4.69) is 10.3 Å². The van der Waals surface area contributed by atoms with E-state index in [-0.39, 0.29) is 11.5 Å². The highest BCUT2D eigenvalue weighted by molar-refractivity contribution is 7.86. The molecule has 0 fully saturated rings. The first kappa shape index (κ1) is 21.2. The van der Waals surface area contributed by atoms with Crippen LogP contribution < -0.4 is 23.1 Å². The molecule has 0 bridgehead atoms. The van der Waals surface area contributed by atoms with E-state index >= 15 is 0 Å². The maximum Gasteiger partial charge on any atom is 0.306 e. The van der Waals surface area contributed by atoms with Crippen molar-refractivity contribution in [3.05, 3.63) is 36.5 Å². The molecule has 1 heterocycles. The van der Waals surface area contributed by atoms with Gasteiger partial charge in [-0.1, -0.05) is 5.21 Å². The molecule has 10 nitrogen and oxygen atoms in total. The molecule has 2 aromatic carbocycles. The fraction of sp³-hybridized carbons (Fsp3) is 0.263. The van der Waals surface area contributed by atoms with Crippen molar-refractivity contribution < 1.29 is 31.5 Å². The third-order valence-corrected chi connectivity index (χ3v) is 4.63. The van der Waals surface area contributed by atoms with Gasteiger partial charge >= 0.3 is 10.1 Å². The van der Waals surface area contributed by atoms with Gasteiger partial charge in [0.15, 0.2) is 23.0 Å². The van der Waals surface area contributed by atoms with E-state index in [4.69, 9.17) is 23.1 Å². The van der Waals surface area contributed by atoms with E-state index < -0.39 is 10.1 Å². The summed E-state index contributed by atoms with van der Waals surface area (Å²) in [6.07, 6.45) is 2.50. The molecule has 0 unspecified atom stereocenters. The zero-order valence-corrected chi connectivity index (χ0v) is 17.9. The highest BCUT2D eigenvalue weighted by atomic mass is 32.2. The predicted octanol–water partition coefficient (Wildman–Crippen LogP) is 2.31. The lowest BCUT2D eigenvalue weighted by atomic mass is 10.1. The van der Waals surface area contributed by atoms with Crippen LogP contribution in [0.4, 0.5) is 0 Å². The van der Waals surface area contributed by atoms with Gasteiger partial charge in [-0.2, -0.15) is 8.42 Å². The quantitative estimate of drug-likeness (QED) is 0.492. The van der Waals surface area contributed by atoms with E-state index in [1.807, 2.05) is 0 Å². The van der Waals surface area contributed by atoms with Gasteiger partial charge in [-0.25, -0.2) is 4.68 Å². The zero-order valence-electron chi connectivity index (χ0n) is 17.1. The van der Waals surface area contributed by atoms with Crippen LogP contribution >= 0.6 is 0 Å². The summed E-state index contributed by atoms with van der Waals surface area (Å²) >= 11 is 0. The van der Waals surface area contributed by atoms with Crippen LogP contribution in [0.2, 0.25) is 0 Å². The van der Waals surface area contributed by atoms with Crippen molar-refractivity contribution in [2.45, 2.75) is 0 Å². The van der Waals surface area contributed by atoms with Gasteiger partial charge in [0.2, 0.25) is 5.75 Å². The molecule has 0 radical (unpaired) electrons. The molecule has 30 heavy (non-hydrogen) atoms. The smallest absolute Gasteiger partial charge is 0.306 e. The van der Waals surface area contributed by atoms with Crippen molar-refractivity contribution in [2.24, 2.45) is 0 Å². The molecule has 11 heteroatoms. The molecule has 0 aliphatic rings. The van der Waals surface area contributed by atoms with E-state index in [9.17, 15) is 8.42 Å². The summed E-state index contributed by atoms with van der Waals surface area (Å²) in [5, 5.41) is 8.13. The third kappa shape index (κ3) is 4.25. The van der Waals surface area contributed by atoms with Gasteiger partial charge in [0.05, 0.1) is 52.3 Å². The van der Waals surface area contributed by atoms with Crippen molar-refractivity contribution in [1.29, 1.82) is 0 Å². The van der Waals surface area contributed by atoms with Crippen molar-refractivity contribution in [3.63, 3.8) is 0 Å². The second kappa shape index (κ2) is 8.49. The van der Waals surface area contributed by atoms with Crippen molar-refractivity contribution in [1.82, 2.24) is 15.0 Å². The number of rotatable bonds is 8. The highest BCUT2D eigenvalue weighted by Gasteiger charge is 2.19. The lowest BCUT2D eigenvalue weighted by Crippen LogP contribution is -2.07. The second-order valence-corrected chi connectivity index (χ2v) is 7.64. The Morgan fingerprint density at radius 2 is 1.47 bits per heavy atom. The first-order valence-corrected chi connectivity index (χ1v) is 10.4. The first-order valence-electron chi connectivity index (χ1n) is 8.60. The van der Waals surface area contributed by atoms with Crippen LogP contribution in [0.15, 0.2) is 36.5 Å². The standard InChI is InChI=1S/C19H21N3O7S/c1-25-15-7-6-12(8-16(15)29-30(5,23)24)14-11-20-21-22(14)13-9-17(26-2)19(28-4)18(10-13)27-3/h6-11H,1-5H3. The monoisotopic (exact) mass is 435 g/mol. The summed E-state index contributed by atoms with van der Waals surface area (Å²) in [7, 11) is 2.22. The van der Waals surface area contributed by atoms with Crippen LogP contribution in [0.25, 0.3) is 16.9 Å². The molecular formula is C19H21N3O7S. The van der Waals surface area contributed by atoms with Gasteiger partial charge in [0.25, 0.3) is 0 Å². The zero-order chi connectivity index (χ0) is 21.9. The Kier molecular flexibility index (Phi) is 6.01. The minimum atomic E-state index is -3.75. The van der Waals surface area contributed by atoms with Crippen LogP contribution in [0, 0.1) is 0 Å². The molecule has 160 valence electrons. The third-order valence-electron chi connectivity index (χ3n) is 4.14. The van der Waals surface area contributed by atoms with Gasteiger partial charge in [-0.15, -0.1) is 5.10 Å². The topological polar surface area (TPSA) is 111 Å². The number of methoxy groups -OCH3 is 4. The second-order valence-electron chi connectivity index (χ2n) is 6.07. The average Bonchev–Trinajstić information content (AvgIpc) is 3.21. The van der Waals surface area contributed by atoms with Crippen molar-refractivity contribution in [3.8, 4) is 45.7 Å². The van der Waals surface area contributed by atoms with Gasteiger partial charge in [0, 0.05) is 17.7 Å². The van der Waals surface area contributed by atoms with Gasteiger partial charge in [0.1, 0.15) is 0 Å². The number of hydrogen-bond acceptors (Lipinski definition) is 9. The molecule has 0 atom stereocenters. The van der Waals surface area contributed by atoms with E-state index in [0.29, 0.717) is 34.2 Å². The molecule has 3 rings (SSSR count). The molecule has 1 aromatic heterocycles.